The molecule has 0 fully saturated rings. The molecule has 0 heterocycles. The van der Waals surface area contributed by atoms with Gasteiger partial charge in [-0.15, -0.1) is 0 Å². The molecule has 0 aliphatic heterocycles. The van der Waals surface area contributed by atoms with E-state index in [1.807, 2.05) is 26.8 Å². The van der Waals surface area contributed by atoms with Crippen LogP contribution in [0.5, 0.6) is 11.5 Å². The summed E-state index contributed by atoms with van der Waals surface area (Å²) < 4.78 is 12.6. The van der Waals surface area contributed by atoms with E-state index in [0.717, 1.165) is 28.9 Å². The predicted octanol–water partition coefficient (Wildman–Crippen LogP) is 4.91. The number of benzene rings is 1. The Morgan fingerprint density at radius 3 is 2.38 bits per heavy atom. The molecule has 0 atom stereocenters. The van der Waals surface area contributed by atoms with Crippen molar-refractivity contribution >= 4 is 15.9 Å². The highest BCUT2D eigenvalue weighted by Crippen LogP contribution is 2.34. The van der Waals surface area contributed by atoms with Crippen molar-refractivity contribution in [2.45, 2.75) is 66.2 Å². The Labute approximate surface area is 137 Å². The lowest BCUT2D eigenvalue weighted by Crippen LogP contribution is -2.37. The fourth-order valence-corrected chi connectivity index (χ4v) is 2.25. The quantitative estimate of drug-likeness (QED) is 0.716. The van der Waals surface area contributed by atoms with Gasteiger partial charge in [0.15, 0.2) is 11.5 Å². The number of hydrogen-bond donors (Lipinski definition) is 1. The van der Waals surface area contributed by atoms with Crippen LogP contribution < -0.4 is 14.8 Å². The normalized spacial score (nSPS) is 11.8. The molecular formula is C17H28BrNO2. The monoisotopic (exact) mass is 357 g/mol. The fourth-order valence-electron chi connectivity index (χ4n) is 1.79. The van der Waals surface area contributed by atoms with Crippen LogP contribution in [0.25, 0.3) is 0 Å². The summed E-state index contributed by atoms with van der Waals surface area (Å²) in [5.74, 6) is 1.60. The smallest absolute Gasteiger partial charge is 0.162 e. The number of rotatable bonds is 8. The van der Waals surface area contributed by atoms with Gasteiger partial charge in [-0.3, -0.25) is 0 Å². The van der Waals surface area contributed by atoms with Crippen LogP contribution in [0.2, 0.25) is 0 Å². The maximum atomic E-state index is 5.82. The van der Waals surface area contributed by atoms with Crippen molar-refractivity contribution in [3.63, 3.8) is 0 Å². The minimum absolute atomic E-state index is 0.123. The standard InChI is InChI=1S/C17H28BrNO2/c1-7-17(5,6)19-11-13-9-15(20-8-2)16(10-14(13)18)21-12(3)4/h9-10,12,19H,7-8,11H2,1-6H3. The second-order valence-electron chi connectivity index (χ2n) is 6.08. The lowest BCUT2D eigenvalue weighted by molar-refractivity contribution is 0.223. The lowest BCUT2D eigenvalue weighted by atomic mass is 10.0. The van der Waals surface area contributed by atoms with E-state index in [-0.39, 0.29) is 11.6 Å². The number of ether oxygens (including phenoxy) is 2. The van der Waals surface area contributed by atoms with Crippen molar-refractivity contribution in [2.75, 3.05) is 6.61 Å². The van der Waals surface area contributed by atoms with Crippen molar-refractivity contribution in [2.24, 2.45) is 0 Å². The first-order valence-electron chi connectivity index (χ1n) is 7.66. The summed E-state index contributed by atoms with van der Waals surface area (Å²) in [5, 5.41) is 3.57. The summed E-state index contributed by atoms with van der Waals surface area (Å²) >= 11 is 3.64. The van der Waals surface area contributed by atoms with Crippen molar-refractivity contribution < 1.29 is 9.47 Å². The van der Waals surface area contributed by atoms with Gasteiger partial charge >= 0.3 is 0 Å². The van der Waals surface area contributed by atoms with E-state index in [9.17, 15) is 0 Å². The molecule has 21 heavy (non-hydrogen) atoms. The summed E-state index contributed by atoms with van der Waals surface area (Å²) in [7, 11) is 0. The Hall–Kier alpha value is -0.740. The SMILES string of the molecule is CCOc1cc(CNC(C)(C)CC)c(Br)cc1OC(C)C. The largest absolute Gasteiger partial charge is 0.490 e. The van der Waals surface area contributed by atoms with Gasteiger partial charge in [0.05, 0.1) is 12.7 Å². The zero-order valence-corrected chi connectivity index (χ0v) is 15.6. The molecule has 0 aliphatic rings. The molecule has 0 radical (unpaired) electrons. The highest BCUT2D eigenvalue weighted by Gasteiger charge is 2.16. The van der Waals surface area contributed by atoms with Gasteiger partial charge in [0, 0.05) is 16.6 Å². The first-order valence-corrected chi connectivity index (χ1v) is 8.45. The van der Waals surface area contributed by atoms with Gasteiger partial charge in [-0.25, -0.2) is 0 Å². The first kappa shape index (κ1) is 18.3. The predicted molar refractivity (Wildman–Crippen MR) is 92.3 cm³/mol. The summed E-state index contributed by atoms with van der Waals surface area (Å²) in [5.41, 5.74) is 1.30. The van der Waals surface area contributed by atoms with Gasteiger partial charge in [-0.05, 0) is 58.7 Å². The Morgan fingerprint density at radius 1 is 1.19 bits per heavy atom. The molecule has 4 heteroatoms. The van der Waals surface area contributed by atoms with E-state index in [4.69, 9.17) is 9.47 Å². The zero-order valence-electron chi connectivity index (χ0n) is 14.0. The van der Waals surface area contributed by atoms with Crippen molar-refractivity contribution in [1.29, 1.82) is 0 Å². The molecule has 1 aromatic carbocycles. The third-order valence-electron chi connectivity index (χ3n) is 3.42. The molecule has 1 aromatic rings. The molecule has 0 saturated heterocycles. The highest BCUT2D eigenvalue weighted by atomic mass is 79.9. The van der Waals surface area contributed by atoms with E-state index in [1.54, 1.807) is 0 Å². The Kier molecular flexibility index (Phi) is 7.01. The molecule has 1 N–H and O–H groups in total. The molecule has 0 bridgehead atoms. The van der Waals surface area contributed by atoms with E-state index >= 15 is 0 Å². The zero-order chi connectivity index (χ0) is 16.0. The van der Waals surface area contributed by atoms with Crippen LogP contribution in [-0.4, -0.2) is 18.2 Å². The summed E-state index contributed by atoms with van der Waals surface area (Å²) in [6.07, 6.45) is 1.21. The molecule has 0 unspecified atom stereocenters. The van der Waals surface area contributed by atoms with Gasteiger partial charge in [0.25, 0.3) is 0 Å². The first-order chi connectivity index (χ1) is 9.79. The third kappa shape index (κ3) is 5.87. The van der Waals surface area contributed by atoms with Gasteiger partial charge in [0.2, 0.25) is 0 Å². The average molecular weight is 358 g/mol. The van der Waals surface area contributed by atoms with Crippen LogP contribution in [-0.2, 0) is 6.54 Å². The molecule has 1 rings (SSSR count). The van der Waals surface area contributed by atoms with E-state index < -0.39 is 0 Å². The molecule has 0 aromatic heterocycles. The molecule has 120 valence electrons. The average Bonchev–Trinajstić information content (AvgIpc) is 2.40. The highest BCUT2D eigenvalue weighted by molar-refractivity contribution is 9.10. The van der Waals surface area contributed by atoms with Crippen molar-refractivity contribution in [3.8, 4) is 11.5 Å². The molecule has 0 spiro atoms. The minimum atomic E-state index is 0.123. The van der Waals surface area contributed by atoms with E-state index in [1.165, 1.54) is 5.56 Å². The van der Waals surface area contributed by atoms with Crippen LogP contribution in [0.4, 0.5) is 0 Å². The van der Waals surface area contributed by atoms with Crippen molar-refractivity contribution in [3.05, 3.63) is 22.2 Å². The van der Waals surface area contributed by atoms with E-state index in [2.05, 4.69) is 48.1 Å². The summed E-state index contributed by atoms with van der Waals surface area (Å²) in [6, 6.07) is 4.06. The topological polar surface area (TPSA) is 30.5 Å². The second kappa shape index (κ2) is 8.04. The fraction of sp³-hybridized carbons (Fsp3) is 0.647. The number of nitrogens with one attached hydrogen (secondary N) is 1. The molecular weight excluding hydrogens is 330 g/mol. The molecule has 0 saturated carbocycles. The Bertz CT molecular complexity index is 458. The van der Waals surface area contributed by atoms with Gasteiger partial charge in [0.1, 0.15) is 0 Å². The second-order valence-corrected chi connectivity index (χ2v) is 6.94. The summed E-state index contributed by atoms with van der Waals surface area (Å²) in [6.45, 7) is 14.0. The van der Waals surface area contributed by atoms with Crippen LogP contribution in [0.3, 0.4) is 0 Å². The van der Waals surface area contributed by atoms with Crippen LogP contribution >= 0.6 is 15.9 Å². The van der Waals surface area contributed by atoms with Crippen LogP contribution in [0.1, 0.15) is 53.5 Å². The Morgan fingerprint density at radius 2 is 1.86 bits per heavy atom. The third-order valence-corrected chi connectivity index (χ3v) is 4.15. The summed E-state index contributed by atoms with van der Waals surface area (Å²) in [4.78, 5) is 0. The lowest BCUT2D eigenvalue weighted by Gasteiger charge is -2.25. The van der Waals surface area contributed by atoms with Gasteiger partial charge < -0.3 is 14.8 Å². The minimum Gasteiger partial charge on any atom is -0.490 e. The molecule has 0 amide bonds. The van der Waals surface area contributed by atoms with Crippen molar-refractivity contribution in [1.82, 2.24) is 5.32 Å². The van der Waals surface area contributed by atoms with Gasteiger partial charge in [-0.1, -0.05) is 22.9 Å². The van der Waals surface area contributed by atoms with Crippen LogP contribution in [0.15, 0.2) is 16.6 Å². The number of hydrogen-bond acceptors (Lipinski definition) is 3. The maximum Gasteiger partial charge on any atom is 0.162 e. The number of halogens is 1. The molecule has 3 nitrogen and oxygen atoms in total. The Balaban J connectivity index is 2.97. The van der Waals surface area contributed by atoms with Gasteiger partial charge in [-0.2, -0.15) is 0 Å². The van der Waals surface area contributed by atoms with Crippen LogP contribution in [0, 0.1) is 0 Å². The maximum absolute atomic E-state index is 5.82. The molecule has 0 aliphatic carbocycles. The van der Waals surface area contributed by atoms with E-state index in [0.29, 0.717) is 6.61 Å².